The summed E-state index contributed by atoms with van der Waals surface area (Å²) in [5.74, 6) is 1.00. The predicted molar refractivity (Wildman–Crippen MR) is 42.9 cm³/mol. The second-order valence-corrected chi connectivity index (χ2v) is 4.94. The minimum Gasteiger partial charge on any atom is -0.310 e. The molecule has 2 bridgehead atoms. The summed E-state index contributed by atoms with van der Waals surface area (Å²) < 4.78 is 0. The fourth-order valence-electron chi connectivity index (χ4n) is 2.42. The molecule has 0 spiro atoms. The first-order valence-corrected chi connectivity index (χ1v) is 4.33. The maximum Gasteiger partial charge on any atom is 0.0148 e. The second-order valence-electron chi connectivity index (χ2n) is 4.94. The smallest absolute Gasteiger partial charge is 0.0148 e. The van der Waals surface area contributed by atoms with Crippen LogP contribution >= 0.6 is 0 Å². The van der Waals surface area contributed by atoms with E-state index in [-0.39, 0.29) is 0 Å². The highest BCUT2D eigenvalue weighted by Gasteiger charge is 2.48. The Hall–Kier alpha value is -0.0400. The monoisotopic (exact) mass is 139 g/mol. The van der Waals surface area contributed by atoms with E-state index in [2.05, 4.69) is 26.1 Å². The summed E-state index contributed by atoms with van der Waals surface area (Å²) in [4.78, 5) is 0. The number of hydrogen-bond acceptors (Lipinski definition) is 1. The predicted octanol–water partition coefficient (Wildman–Crippen LogP) is 1.78. The van der Waals surface area contributed by atoms with Crippen molar-refractivity contribution in [3.05, 3.63) is 0 Å². The molecule has 10 heavy (non-hydrogen) atoms. The first-order valence-electron chi connectivity index (χ1n) is 4.33. The van der Waals surface area contributed by atoms with Crippen LogP contribution in [0, 0.1) is 11.3 Å². The Labute approximate surface area is 63.2 Å². The van der Waals surface area contributed by atoms with Gasteiger partial charge in [0.1, 0.15) is 0 Å². The SMILES string of the molecule is CC(C)(C)C1NC2CC1C2. The van der Waals surface area contributed by atoms with Crippen LogP contribution in [0.2, 0.25) is 0 Å². The van der Waals surface area contributed by atoms with Crippen molar-refractivity contribution in [3.8, 4) is 0 Å². The van der Waals surface area contributed by atoms with Gasteiger partial charge in [0.2, 0.25) is 0 Å². The van der Waals surface area contributed by atoms with Crippen LogP contribution in [-0.2, 0) is 0 Å². The number of nitrogens with one attached hydrogen (secondary N) is 1. The van der Waals surface area contributed by atoms with Crippen LogP contribution in [0.5, 0.6) is 0 Å². The van der Waals surface area contributed by atoms with E-state index in [1.54, 1.807) is 0 Å². The third kappa shape index (κ3) is 0.800. The zero-order valence-electron chi connectivity index (χ0n) is 7.15. The van der Waals surface area contributed by atoms with E-state index >= 15 is 0 Å². The molecule has 0 aromatic rings. The van der Waals surface area contributed by atoms with E-state index in [1.165, 1.54) is 12.8 Å². The first-order chi connectivity index (χ1) is 4.57. The minimum absolute atomic E-state index is 0.482. The molecule has 1 N–H and O–H groups in total. The summed E-state index contributed by atoms with van der Waals surface area (Å²) in [6.45, 7) is 7.02. The highest BCUT2D eigenvalue weighted by molar-refractivity contribution is 5.05. The Morgan fingerprint density at radius 2 is 1.80 bits per heavy atom. The van der Waals surface area contributed by atoms with Crippen molar-refractivity contribution in [2.45, 2.75) is 45.7 Å². The van der Waals surface area contributed by atoms with E-state index in [0.717, 1.165) is 18.0 Å². The molecule has 0 amide bonds. The average molecular weight is 139 g/mol. The van der Waals surface area contributed by atoms with Crippen LogP contribution in [0.4, 0.5) is 0 Å². The van der Waals surface area contributed by atoms with Gasteiger partial charge in [-0.05, 0) is 24.2 Å². The Kier molecular flexibility index (Phi) is 1.17. The van der Waals surface area contributed by atoms with E-state index in [0.29, 0.717) is 5.41 Å². The summed E-state index contributed by atoms with van der Waals surface area (Å²) in [5, 5.41) is 3.67. The van der Waals surface area contributed by atoms with Crippen LogP contribution in [0.3, 0.4) is 0 Å². The van der Waals surface area contributed by atoms with Gasteiger partial charge in [-0.1, -0.05) is 20.8 Å². The molecule has 0 aromatic heterocycles. The van der Waals surface area contributed by atoms with Crippen molar-refractivity contribution < 1.29 is 0 Å². The number of rotatable bonds is 0. The van der Waals surface area contributed by atoms with Gasteiger partial charge in [-0.15, -0.1) is 0 Å². The Bertz CT molecular complexity index is 139. The van der Waals surface area contributed by atoms with Crippen molar-refractivity contribution >= 4 is 0 Å². The molecule has 0 radical (unpaired) electrons. The first kappa shape index (κ1) is 6.66. The van der Waals surface area contributed by atoms with Gasteiger partial charge >= 0.3 is 0 Å². The third-order valence-corrected chi connectivity index (χ3v) is 2.99. The van der Waals surface area contributed by atoms with Crippen LogP contribution in [0.15, 0.2) is 0 Å². The van der Waals surface area contributed by atoms with Crippen molar-refractivity contribution in [3.63, 3.8) is 0 Å². The molecule has 1 aliphatic carbocycles. The Morgan fingerprint density at radius 1 is 1.20 bits per heavy atom. The van der Waals surface area contributed by atoms with Gasteiger partial charge < -0.3 is 5.32 Å². The molecule has 1 nitrogen and oxygen atoms in total. The van der Waals surface area contributed by atoms with Gasteiger partial charge in [0.25, 0.3) is 0 Å². The molecule has 1 heteroatoms. The lowest BCUT2D eigenvalue weighted by Gasteiger charge is -2.30. The molecule has 2 aliphatic heterocycles. The average Bonchev–Trinajstić information content (AvgIpc) is 2.07. The summed E-state index contributed by atoms with van der Waals surface area (Å²) >= 11 is 0. The molecule has 3 rings (SSSR count). The van der Waals surface area contributed by atoms with Gasteiger partial charge in [0.15, 0.2) is 0 Å². The van der Waals surface area contributed by atoms with Gasteiger partial charge in [0.05, 0.1) is 0 Å². The molecule has 1 saturated carbocycles. The molecule has 0 aromatic carbocycles. The van der Waals surface area contributed by atoms with Crippen LogP contribution in [0.25, 0.3) is 0 Å². The fraction of sp³-hybridized carbons (Fsp3) is 1.00. The zero-order chi connectivity index (χ0) is 7.35. The molecule has 3 aliphatic rings. The quantitative estimate of drug-likeness (QED) is 0.539. The molecule has 3 fully saturated rings. The maximum absolute atomic E-state index is 3.67. The zero-order valence-corrected chi connectivity index (χ0v) is 7.15. The number of fused-ring (bicyclic) bond motifs is 1. The van der Waals surface area contributed by atoms with E-state index in [9.17, 15) is 0 Å². The van der Waals surface area contributed by atoms with Gasteiger partial charge in [-0.25, -0.2) is 0 Å². The molecule has 2 heterocycles. The minimum atomic E-state index is 0.482. The van der Waals surface area contributed by atoms with Crippen LogP contribution < -0.4 is 5.32 Å². The van der Waals surface area contributed by atoms with Crippen LogP contribution in [0.1, 0.15) is 33.6 Å². The van der Waals surface area contributed by atoms with E-state index in [1.807, 2.05) is 0 Å². The highest BCUT2D eigenvalue weighted by atomic mass is 15.1. The summed E-state index contributed by atoms with van der Waals surface area (Å²) in [6, 6.07) is 1.69. The molecule has 2 saturated heterocycles. The molecular weight excluding hydrogens is 122 g/mol. The summed E-state index contributed by atoms with van der Waals surface area (Å²) in [6.07, 6.45) is 2.89. The Morgan fingerprint density at radius 3 is 2.00 bits per heavy atom. The summed E-state index contributed by atoms with van der Waals surface area (Å²) in [7, 11) is 0. The third-order valence-electron chi connectivity index (χ3n) is 2.99. The normalized spacial score (nSPS) is 45.3. The van der Waals surface area contributed by atoms with Gasteiger partial charge in [-0.3, -0.25) is 0 Å². The van der Waals surface area contributed by atoms with Crippen molar-refractivity contribution in [1.82, 2.24) is 5.32 Å². The fourth-order valence-corrected chi connectivity index (χ4v) is 2.42. The largest absolute Gasteiger partial charge is 0.310 e. The van der Waals surface area contributed by atoms with Crippen LogP contribution in [-0.4, -0.2) is 12.1 Å². The van der Waals surface area contributed by atoms with Crippen molar-refractivity contribution in [1.29, 1.82) is 0 Å². The molecule has 58 valence electrons. The maximum atomic E-state index is 3.67. The van der Waals surface area contributed by atoms with Gasteiger partial charge in [-0.2, -0.15) is 0 Å². The van der Waals surface area contributed by atoms with Crippen molar-refractivity contribution in [2.75, 3.05) is 0 Å². The number of hydrogen-bond donors (Lipinski definition) is 1. The van der Waals surface area contributed by atoms with Crippen molar-refractivity contribution in [2.24, 2.45) is 11.3 Å². The highest BCUT2D eigenvalue weighted by Crippen LogP contribution is 2.44. The van der Waals surface area contributed by atoms with E-state index in [4.69, 9.17) is 0 Å². The van der Waals surface area contributed by atoms with E-state index < -0.39 is 0 Å². The topological polar surface area (TPSA) is 12.0 Å². The lowest BCUT2D eigenvalue weighted by Crippen LogP contribution is -2.35. The molecule has 1 unspecified atom stereocenters. The van der Waals surface area contributed by atoms with Gasteiger partial charge in [0, 0.05) is 12.1 Å². The lowest BCUT2D eigenvalue weighted by molar-refractivity contribution is 0.243. The Balaban J connectivity index is 2.07. The molecular formula is C9H17N. The second kappa shape index (κ2) is 1.76. The molecule has 1 atom stereocenters. The lowest BCUT2D eigenvalue weighted by atomic mass is 9.74. The standard InChI is InChI=1S/C9H17N/c1-9(2,3)8-6-4-7(5-6)10-8/h6-8,10H,4-5H2,1-3H3. The summed E-state index contributed by atoms with van der Waals surface area (Å²) in [5.41, 5.74) is 0.482.